The van der Waals surface area contributed by atoms with Gasteiger partial charge in [0.15, 0.2) is 0 Å². The van der Waals surface area contributed by atoms with E-state index in [0.29, 0.717) is 5.92 Å². The molecule has 138 valence electrons. The van der Waals surface area contributed by atoms with Gasteiger partial charge in [0.2, 0.25) is 5.41 Å². The van der Waals surface area contributed by atoms with Gasteiger partial charge in [-0.25, -0.2) is 4.79 Å². The van der Waals surface area contributed by atoms with Crippen LogP contribution in [0.5, 0.6) is 0 Å². The summed E-state index contributed by atoms with van der Waals surface area (Å²) >= 11 is 0. The molecular weight excluding hydrogens is 338 g/mol. The van der Waals surface area contributed by atoms with E-state index < -0.39 is 17.3 Å². The summed E-state index contributed by atoms with van der Waals surface area (Å²) in [7, 11) is 0. The van der Waals surface area contributed by atoms with Crippen molar-refractivity contribution in [2.75, 3.05) is 6.61 Å². The molecule has 5 heteroatoms. The normalized spacial score (nSPS) is 27.4. The molecule has 1 aromatic carbocycles. The molecular formula is C22H23N3O2. The van der Waals surface area contributed by atoms with Crippen molar-refractivity contribution in [3.8, 4) is 12.1 Å². The molecule has 0 fully saturated rings. The van der Waals surface area contributed by atoms with Crippen molar-refractivity contribution >= 4 is 5.97 Å². The van der Waals surface area contributed by atoms with Gasteiger partial charge < -0.3 is 10.5 Å². The number of carbonyl (C=O) groups is 1. The van der Waals surface area contributed by atoms with E-state index in [1.807, 2.05) is 30.3 Å². The van der Waals surface area contributed by atoms with Crippen LogP contribution in [0.15, 0.2) is 52.7 Å². The van der Waals surface area contributed by atoms with Crippen molar-refractivity contribution in [3.05, 3.63) is 58.3 Å². The van der Waals surface area contributed by atoms with Gasteiger partial charge in [-0.1, -0.05) is 42.8 Å². The molecule has 2 aliphatic carbocycles. The maximum absolute atomic E-state index is 13.1. The Morgan fingerprint density at radius 1 is 1.33 bits per heavy atom. The molecule has 1 aromatic rings. The third kappa shape index (κ3) is 2.80. The maximum atomic E-state index is 13.1. The molecule has 0 radical (unpaired) electrons. The molecule has 0 saturated heterocycles. The number of nitriles is 2. The van der Waals surface area contributed by atoms with Crippen LogP contribution in [0.25, 0.3) is 0 Å². The number of ether oxygens (including phenoxy) is 1. The number of carbonyl (C=O) groups excluding carboxylic acids is 1. The number of hydrogen-bond donors (Lipinski definition) is 1. The highest BCUT2D eigenvalue weighted by molar-refractivity contribution is 5.88. The molecule has 0 unspecified atom stereocenters. The Kier molecular flexibility index (Phi) is 5.06. The van der Waals surface area contributed by atoms with Crippen molar-refractivity contribution in [3.63, 3.8) is 0 Å². The quantitative estimate of drug-likeness (QED) is 0.827. The summed E-state index contributed by atoms with van der Waals surface area (Å²) < 4.78 is 5.28. The molecule has 27 heavy (non-hydrogen) atoms. The van der Waals surface area contributed by atoms with E-state index in [4.69, 9.17) is 10.5 Å². The third-order valence-corrected chi connectivity index (χ3v) is 5.64. The van der Waals surface area contributed by atoms with Gasteiger partial charge >= 0.3 is 5.97 Å². The lowest BCUT2D eigenvalue weighted by molar-refractivity contribution is -0.151. The SMILES string of the molecule is CCOC(=O)[C@@]1(C#N)C(N)=C(C#N)C2=C(CC[C@@H](C)C2)[C@@H]1c1ccccc1. The van der Waals surface area contributed by atoms with Gasteiger partial charge in [0, 0.05) is 5.92 Å². The van der Waals surface area contributed by atoms with Crippen LogP contribution in [0, 0.1) is 34.0 Å². The molecule has 0 heterocycles. The predicted octanol–water partition coefficient (Wildman–Crippen LogP) is 3.71. The lowest BCUT2D eigenvalue weighted by atomic mass is 9.59. The second-order valence-electron chi connectivity index (χ2n) is 7.24. The molecule has 0 amide bonds. The van der Waals surface area contributed by atoms with E-state index in [2.05, 4.69) is 19.1 Å². The third-order valence-electron chi connectivity index (χ3n) is 5.64. The number of esters is 1. The summed E-state index contributed by atoms with van der Waals surface area (Å²) in [5.41, 5.74) is 7.68. The molecule has 2 N–H and O–H groups in total. The van der Waals surface area contributed by atoms with Crippen LogP contribution in [-0.2, 0) is 9.53 Å². The number of hydrogen-bond acceptors (Lipinski definition) is 5. The van der Waals surface area contributed by atoms with Crippen molar-refractivity contribution in [1.29, 1.82) is 10.5 Å². The van der Waals surface area contributed by atoms with Crippen molar-refractivity contribution < 1.29 is 9.53 Å². The number of allylic oxidation sites excluding steroid dienone is 3. The summed E-state index contributed by atoms with van der Waals surface area (Å²) in [6.45, 7) is 3.98. The fraction of sp³-hybridized carbons (Fsp3) is 0.409. The minimum atomic E-state index is -1.72. The van der Waals surface area contributed by atoms with Crippen molar-refractivity contribution in [2.24, 2.45) is 17.1 Å². The summed E-state index contributed by atoms with van der Waals surface area (Å²) in [5.74, 6) is -0.798. The topological polar surface area (TPSA) is 99.9 Å². The minimum Gasteiger partial charge on any atom is -0.464 e. The zero-order chi connectivity index (χ0) is 19.6. The summed E-state index contributed by atoms with van der Waals surface area (Å²) in [4.78, 5) is 13.1. The summed E-state index contributed by atoms with van der Waals surface area (Å²) in [5, 5.41) is 20.0. The fourth-order valence-corrected chi connectivity index (χ4v) is 4.36. The lowest BCUT2D eigenvalue weighted by Crippen LogP contribution is -2.46. The van der Waals surface area contributed by atoms with Gasteiger partial charge in [-0.05, 0) is 43.2 Å². The van der Waals surface area contributed by atoms with Gasteiger partial charge in [0.05, 0.1) is 23.9 Å². The first-order valence-corrected chi connectivity index (χ1v) is 9.27. The Hall–Kier alpha value is -3.05. The van der Waals surface area contributed by atoms with E-state index in [9.17, 15) is 15.3 Å². The molecule has 0 aliphatic heterocycles. The van der Waals surface area contributed by atoms with E-state index in [-0.39, 0.29) is 17.9 Å². The Bertz CT molecular complexity index is 902. The molecule has 2 aliphatic rings. The zero-order valence-electron chi connectivity index (χ0n) is 15.7. The van der Waals surface area contributed by atoms with Gasteiger partial charge in [0.1, 0.15) is 6.07 Å². The number of nitrogens with zero attached hydrogens (tertiary/aromatic N) is 2. The van der Waals surface area contributed by atoms with Gasteiger partial charge in [0.25, 0.3) is 0 Å². The van der Waals surface area contributed by atoms with Crippen molar-refractivity contribution in [1.82, 2.24) is 0 Å². The molecule has 0 bridgehead atoms. The van der Waals surface area contributed by atoms with Crippen molar-refractivity contribution in [2.45, 2.75) is 39.0 Å². The molecule has 3 rings (SSSR count). The van der Waals surface area contributed by atoms with E-state index >= 15 is 0 Å². The van der Waals surface area contributed by atoms with Gasteiger partial charge in [-0.2, -0.15) is 10.5 Å². The largest absolute Gasteiger partial charge is 0.464 e. The maximum Gasteiger partial charge on any atom is 0.333 e. The van der Waals surface area contributed by atoms with Crippen LogP contribution in [-0.4, -0.2) is 12.6 Å². The van der Waals surface area contributed by atoms with E-state index in [1.54, 1.807) is 6.92 Å². The Labute approximate surface area is 159 Å². The minimum absolute atomic E-state index is 0.0210. The monoisotopic (exact) mass is 361 g/mol. The predicted molar refractivity (Wildman–Crippen MR) is 101 cm³/mol. The summed E-state index contributed by atoms with van der Waals surface area (Å²) in [6.07, 6.45) is 2.41. The van der Waals surface area contributed by atoms with Crippen LogP contribution in [0.1, 0.15) is 44.6 Å². The lowest BCUT2D eigenvalue weighted by Gasteiger charge is -2.42. The highest BCUT2D eigenvalue weighted by atomic mass is 16.5. The Balaban J connectivity index is 2.34. The highest BCUT2D eigenvalue weighted by Crippen LogP contribution is 2.55. The zero-order valence-corrected chi connectivity index (χ0v) is 15.7. The number of rotatable bonds is 3. The second-order valence-corrected chi connectivity index (χ2v) is 7.24. The summed E-state index contributed by atoms with van der Waals surface area (Å²) in [6, 6.07) is 13.8. The average molecular weight is 361 g/mol. The molecule has 3 atom stereocenters. The first kappa shape index (κ1) is 18.7. The van der Waals surface area contributed by atoms with E-state index in [1.165, 1.54) is 0 Å². The Morgan fingerprint density at radius 3 is 2.63 bits per heavy atom. The van der Waals surface area contributed by atoms with Gasteiger partial charge in [-0.15, -0.1) is 0 Å². The average Bonchev–Trinajstić information content (AvgIpc) is 2.68. The van der Waals surface area contributed by atoms with E-state index in [0.717, 1.165) is 36.0 Å². The first-order valence-electron chi connectivity index (χ1n) is 9.27. The molecule has 0 saturated carbocycles. The van der Waals surface area contributed by atoms with Gasteiger partial charge in [-0.3, -0.25) is 0 Å². The van der Waals surface area contributed by atoms with Crippen LogP contribution in [0.4, 0.5) is 0 Å². The van der Waals surface area contributed by atoms with Crippen LogP contribution in [0.3, 0.4) is 0 Å². The molecule has 0 spiro atoms. The first-order chi connectivity index (χ1) is 13.0. The van der Waals surface area contributed by atoms with Crippen LogP contribution < -0.4 is 5.73 Å². The molecule has 5 nitrogen and oxygen atoms in total. The second kappa shape index (κ2) is 7.29. The number of nitrogens with two attached hydrogens (primary N) is 1. The van der Waals surface area contributed by atoms with Crippen LogP contribution >= 0.6 is 0 Å². The van der Waals surface area contributed by atoms with Crippen LogP contribution in [0.2, 0.25) is 0 Å². The standard InChI is InChI=1S/C22H23N3O2/c1-3-27-21(26)22(13-24)19(15-7-5-4-6-8-15)16-10-9-14(2)11-17(16)18(12-23)20(22)25/h4-8,14,19H,3,9-11,25H2,1-2H3/t14-,19+,22-/m1/s1. The fourth-order valence-electron chi connectivity index (χ4n) is 4.36. The smallest absolute Gasteiger partial charge is 0.333 e. The molecule has 0 aromatic heterocycles. The highest BCUT2D eigenvalue weighted by Gasteiger charge is 2.56. The number of benzene rings is 1. The Morgan fingerprint density at radius 2 is 2.04 bits per heavy atom.